The minimum absolute atomic E-state index is 0.0138. The second-order valence-corrected chi connectivity index (χ2v) is 7.16. The molecule has 5 heteroatoms. The number of benzene rings is 1. The van der Waals surface area contributed by atoms with E-state index < -0.39 is 0 Å². The largest absolute Gasteiger partial charge is 0.371 e. The number of hydrogen-bond donors (Lipinski definition) is 1. The number of amides is 2. The lowest BCUT2D eigenvalue weighted by molar-refractivity contribution is 0.207. The van der Waals surface area contributed by atoms with Crippen LogP contribution in [0.4, 0.5) is 16.2 Å². The molecule has 0 radical (unpaired) electrons. The van der Waals surface area contributed by atoms with Crippen LogP contribution in [0.25, 0.3) is 0 Å². The summed E-state index contributed by atoms with van der Waals surface area (Å²) in [5.41, 5.74) is 3.24. The number of likely N-dealkylation sites (tertiary alicyclic amines) is 1. The average molecular weight is 350 g/mol. The second kappa shape index (κ2) is 7.77. The quantitative estimate of drug-likeness (QED) is 0.890. The van der Waals surface area contributed by atoms with E-state index in [2.05, 4.69) is 27.3 Å². The summed E-state index contributed by atoms with van der Waals surface area (Å²) >= 11 is 0. The summed E-state index contributed by atoms with van der Waals surface area (Å²) in [6.07, 6.45) is 9.45. The third-order valence-electron chi connectivity index (χ3n) is 5.42. The lowest BCUT2D eigenvalue weighted by atomic mass is 10.1. The zero-order chi connectivity index (χ0) is 17.8. The van der Waals surface area contributed by atoms with Crippen LogP contribution < -0.4 is 10.2 Å². The van der Waals surface area contributed by atoms with Gasteiger partial charge in [0.05, 0.1) is 6.04 Å². The highest BCUT2D eigenvalue weighted by Crippen LogP contribution is 2.32. The number of urea groups is 1. The molecule has 2 aromatic rings. The molecule has 2 fully saturated rings. The second-order valence-electron chi connectivity index (χ2n) is 7.16. The molecule has 0 bridgehead atoms. The zero-order valence-electron chi connectivity index (χ0n) is 15.1. The lowest BCUT2D eigenvalue weighted by Crippen LogP contribution is -2.34. The molecular formula is C21H26N4O. The first-order chi connectivity index (χ1) is 12.8. The first-order valence-electron chi connectivity index (χ1n) is 9.64. The molecule has 5 nitrogen and oxygen atoms in total. The number of aromatic nitrogens is 1. The van der Waals surface area contributed by atoms with Gasteiger partial charge in [-0.3, -0.25) is 4.98 Å². The van der Waals surface area contributed by atoms with E-state index >= 15 is 0 Å². The summed E-state index contributed by atoms with van der Waals surface area (Å²) in [7, 11) is 0. The van der Waals surface area contributed by atoms with Crippen LogP contribution in [0.2, 0.25) is 0 Å². The van der Waals surface area contributed by atoms with Crippen LogP contribution in [0.15, 0.2) is 48.8 Å². The third-order valence-corrected chi connectivity index (χ3v) is 5.42. The van der Waals surface area contributed by atoms with Crippen LogP contribution in [0.1, 0.15) is 43.7 Å². The number of nitrogens with one attached hydrogen (secondary N) is 1. The Kier molecular flexibility index (Phi) is 5.04. The molecule has 136 valence electrons. The zero-order valence-corrected chi connectivity index (χ0v) is 15.1. The molecule has 1 unspecified atom stereocenters. The Hall–Kier alpha value is -2.56. The van der Waals surface area contributed by atoms with Crippen LogP contribution in [0.3, 0.4) is 0 Å². The molecule has 2 aliphatic heterocycles. The molecule has 3 heterocycles. The van der Waals surface area contributed by atoms with Crippen molar-refractivity contribution in [1.82, 2.24) is 9.88 Å². The van der Waals surface area contributed by atoms with Gasteiger partial charge in [0.1, 0.15) is 0 Å². The number of carbonyl (C=O) groups is 1. The molecule has 26 heavy (non-hydrogen) atoms. The van der Waals surface area contributed by atoms with Crippen molar-refractivity contribution in [2.45, 2.75) is 38.1 Å². The molecule has 1 atom stereocenters. The molecule has 1 aromatic carbocycles. The first kappa shape index (κ1) is 16.9. The molecule has 2 saturated heterocycles. The van der Waals surface area contributed by atoms with Crippen molar-refractivity contribution in [1.29, 1.82) is 0 Å². The van der Waals surface area contributed by atoms with Gasteiger partial charge in [-0.2, -0.15) is 0 Å². The van der Waals surface area contributed by atoms with E-state index in [0.29, 0.717) is 0 Å². The lowest BCUT2D eigenvalue weighted by Gasteiger charge is -2.29. The summed E-state index contributed by atoms with van der Waals surface area (Å²) in [5.74, 6) is 0. The van der Waals surface area contributed by atoms with Gasteiger partial charge in [-0.1, -0.05) is 6.07 Å². The molecule has 2 amide bonds. The number of hydrogen-bond acceptors (Lipinski definition) is 3. The number of anilines is 2. The van der Waals surface area contributed by atoms with E-state index in [9.17, 15) is 4.79 Å². The Morgan fingerprint density at radius 2 is 1.81 bits per heavy atom. The topological polar surface area (TPSA) is 48.5 Å². The number of piperidine rings is 1. The summed E-state index contributed by atoms with van der Waals surface area (Å²) in [6.45, 7) is 3.01. The molecule has 0 spiro atoms. The predicted octanol–water partition coefficient (Wildman–Crippen LogP) is 4.44. The van der Waals surface area contributed by atoms with Gasteiger partial charge in [0.15, 0.2) is 0 Å². The maximum absolute atomic E-state index is 12.9. The molecule has 1 aromatic heterocycles. The molecule has 2 aliphatic rings. The highest BCUT2D eigenvalue weighted by molar-refractivity contribution is 5.90. The van der Waals surface area contributed by atoms with Gasteiger partial charge in [-0.25, -0.2) is 4.79 Å². The Bertz CT molecular complexity index is 743. The van der Waals surface area contributed by atoms with Gasteiger partial charge in [0, 0.05) is 43.4 Å². The van der Waals surface area contributed by atoms with E-state index in [1.165, 1.54) is 24.9 Å². The predicted molar refractivity (Wildman–Crippen MR) is 104 cm³/mol. The van der Waals surface area contributed by atoms with E-state index in [0.717, 1.165) is 43.7 Å². The van der Waals surface area contributed by atoms with Gasteiger partial charge in [-0.15, -0.1) is 0 Å². The van der Waals surface area contributed by atoms with E-state index in [-0.39, 0.29) is 12.1 Å². The maximum atomic E-state index is 12.9. The van der Waals surface area contributed by atoms with E-state index in [1.54, 1.807) is 12.4 Å². The minimum Gasteiger partial charge on any atom is -0.371 e. The smallest absolute Gasteiger partial charge is 0.322 e. The monoisotopic (exact) mass is 350 g/mol. The fraction of sp³-hybridized carbons (Fsp3) is 0.429. The van der Waals surface area contributed by atoms with E-state index in [4.69, 9.17) is 0 Å². The van der Waals surface area contributed by atoms with Gasteiger partial charge < -0.3 is 15.1 Å². The van der Waals surface area contributed by atoms with Gasteiger partial charge in [0.2, 0.25) is 0 Å². The average Bonchev–Trinajstić information content (AvgIpc) is 3.20. The molecule has 0 aliphatic carbocycles. The molecule has 0 saturated carbocycles. The normalized spacial score (nSPS) is 20.2. The van der Waals surface area contributed by atoms with Crippen LogP contribution in [0, 0.1) is 0 Å². The molecule has 4 rings (SSSR count). The first-order valence-corrected chi connectivity index (χ1v) is 9.64. The van der Waals surface area contributed by atoms with E-state index in [1.807, 2.05) is 29.2 Å². The fourth-order valence-electron chi connectivity index (χ4n) is 4.07. The van der Waals surface area contributed by atoms with Crippen molar-refractivity contribution in [3.63, 3.8) is 0 Å². The van der Waals surface area contributed by atoms with Crippen molar-refractivity contribution < 1.29 is 4.79 Å². The van der Waals surface area contributed by atoms with Crippen LogP contribution in [-0.4, -0.2) is 35.5 Å². The van der Waals surface area contributed by atoms with Crippen molar-refractivity contribution >= 4 is 17.4 Å². The number of carbonyl (C=O) groups excluding carboxylic acids is 1. The Morgan fingerprint density at radius 1 is 1.00 bits per heavy atom. The number of pyridine rings is 1. The van der Waals surface area contributed by atoms with Crippen LogP contribution in [0.5, 0.6) is 0 Å². The number of nitrogens with zero attached hydrogens (tertiary/aromatic N) is 3. The molecular weight excluding hydrogens is 324 g/mol. The standard InChI is InChI=1S/C21H26N4O/c26-21(25-15-5-8-20(25)17-9-11-22-12-10-17)23-18-6-4-7-19(16-18)24-13-2-1-3-14-24/h4,6-7,9-12,16,20H,1-3,5,8,13-15H2,(H,23,26). The Balaban J connectivity index is 1.46. The molecule has 1 N–H and O–H groups in total. The van der Waals surface area contributed by atoms with Crippen molar-refractivity contribution in [3.8, 4) is 0 Å². The van der Waals surface area contributed by atoms with Crippen molar-refractivity contribution in [2.75, 3.05) is 29.9 Å². The summed E-state index contributed by atoms with van der Waals surface area (Å²) in [6, 6.07) is 12.4. The fourth-order valence-corrected chi connectivity index (χ4v) is 4.07. The summed E-state index contributed by atoms with van der Waals surface area (Å²) < 4.78 is 0. The Morgan fingerprint density at radius 3 is 2.62 bits per heavy atom. The third kappa shape index (κ3) is 3.66. The summed E-state index contributed by atoms with van der Waals surface area (Å²) in [5, 5.41) is 3.11. The van der Waals surface area contributed by atoms with Gasteiger partial charge in [-0.05, 0) is 68.0 Å². The van der Waals surface area contributed by atoms with Gasteiger partial charge >= 0.3 is 6.03 Å². The summed E-state index contributed by atoms with van der Waals surface area (Å²) in [4.78, 5) is 21.3. The van der Waals surface area contributed by atoms with Crippen molar-refractivity contribution in [2.24, 2.45) is 0 Å². The SMILES string of the molecule is O=C(Nc1cccc(N2CCCCC2)c1)N1CCCC1c1ccncc1. The number of rotatable bonds is 3. The van der Waals surface area contributed by atoms with Gasteiger partial charge in [0.25, 0.3) is 0 Å². The van der Waals surface area contributed by atoms with Crippen molar-refractivity contribution in [3.05, 3.63) is 54.4 Å². The minimum atomic E-state index is -0.0138. The Labute approximate surface area is 155 Å². The van der Waals surface area contributed by atoms with Crippen LogP contribution in [-0.2, 0) is 0 Å². The highest BCUT2D eigenvalue weighted by atomic mass is 16.2. The van der Waals surface area contributed by atoms with Crippen LogP contribution >= 0.6 is 0 Å². The maximum Gasteiger partial charge on any atom is 0.322 e. The highest BCUT2D eigenvalue weighted by Gasteiger charge is 2.30.